The van der Waals surface area contributed by atoms with Crippen LogP contribution < -0.4 is 9.64 Å². The third kappa shape index (κ3) is 4.95. The van der Waals surface area contributed by atoms with Gasteiger partial charge in [0.05, 0.1) is 36.1 Å². The van der Waals surface area contributed by atoms with E-state index in [0.717, 1.165) is 64.7 Å². The van der Waals surface area contributed by atoms with Crippen molar-refractivity contribution in [3.63, 3.8) is 0 Å². The first-order valence-corrected chi connectivity index (χ1v) is 13.0. The van der Waals surface area contributed by atoms with E-state index in [1.54, 1.807) is 7.11 Å². The molecule has 0 atom stereocenters. The van der Waals surface area contributed by atoms with Crippen LogP contribution in [0.4, 0.5) is 5.13 Å². The highest BCUT2D eigenvalue weighted by atomic mass is 79.9. The molecule has 0 N–H and O–H groups in total. The highest BCUT2D eigenvalue weighted by Crippen LogP contribution is 2.34. The summed E-state index contributed by atoms with van der Waals surface area (Å²) in [6.45, 7) is 4.89. The van der Waals surface area contributed by atoms with Crippen LogP contribution in [0.5, 0.6) is 5.75 Å². The smallest absolute Gasteiger partial charge is 0.263 e. The summed E-state index contributed by atoms with van der Waals surface area (Å²) in [5.41, 5.74) is 1.44. The number of rotatable bonds is 7. The molecule has 1 saturated heterocycles. The van der Waals surface area contributed by atoms with Gasteiger partial charge in [-0.05, 0) is 47.5 Å². The maximum Gasteiger partial charge on any atom is 0.263 e. The van der Waals surface area contributed by atoms with Gasteiger partial charge in [0.15, 0.2) is 5.13 Å². The number of aromatic nitrogens is 1. The summed E-state index contributed by atoms with van der Waals surface area (Å²) in [6.07, 6.45) is 0.848. The lowest BCUT2D eigenvalue weighted by Gasteiger charge is -2.28. The molecule has 2 heterocycles. The zero-order valence-corrected chi connectivity index (χ0v) is 21.4. The molecule has 5 rings (SSSR count). The first-order valence-electron chi connectivity index (χ1n) is 11.4. The van der Waals surface area contributed by atoms with Crippen LogP contribution in [0.3, 0.4) is 0 Å². The Balaban J connectivity index is 1.48. The maximum absolute atomic E-state index is 14.0. The molecule has 0 unspecified atom stereocenters. The molecule has 1 fully saturated rings. The van der Waals surface area contributed by atoms with Crippen LogP contribution in [0, 0.1) is 0 Å². The van der Waals surface area contributed by atoms with Gasteiger partial charge in [0.2, 0.25) is 0 Å². The van der Waals surface area contributed by atoms with Crippen LogP contribution in [0.1, 0.15) is 16.8 Å². The second-order valence-corrected chi connectivity index (χ2v) is 10.2. The lowest BCUT2D eigenvalue weighted by molar-refractivity contribution is 0.0376. The standard InChI is InChI=1S/C26H26BrN3O3S/c1-32-23-16-19-6-3-2-5-18(19)15-21(23)25(31)30(10-4-9-29-11-13-33-14-12-29)26-28-22-8-7-20(27)17-24(22)34-26/h2-3,5-8,15-17H,4,9-14H2,1H3. The number of fused-ring (bicyclic) bond motifs is 2. The Kier molecular flexibility index (Phi) is 7.10. The van der Waals surface area contributed by atoms with Crippen LogP contribution >= 0.6 is 27.3 Å². The Morgan fingerprint density at radius 3 is 2.68 bits per heavy atom. The number of amides is 1. The van der Waals surface area contributed by atoms with Gasteiger partial charge in [-0.15, -0.1) is 0 Å². The number of methoxy groups -OCH3 is 1. The van der Waals surface area contributed by atoms with Gasteiger partial charge < -0.3 is 9.47 Å². The minimum absolute atomic E-state index is 0.0947. The maximum atomic E-state index is 14.0. The molecule has 1 aliphatic heterocycles. The van der Waals surface area contributed by atoms with Crippen molar-refractivity contribution in [2.24, 2.45) is 0 Å². The monoisotopic (exact) mass is 539 g/mol. The zero-order valence-electron chi connectivity index (χ0n) is 19.0. The van der Waals surface area contributed by atoms with Gasteiger partial charge in [-0.3, -0.25) is 14.6 Å². The summed E-state index contributed by atoms with van der Waals surface area (Å²) in [6, 6.07) is 17.9. The van der Waals surface area contributed by atoms with E-state index >= 15 is 0 Å². The average Bonchev–Trinajstić information content (AvgIpc) is 3.28. The van der Waals surface area contributed by atoms with Crippen molar-refractivity contribution in [1.29, 1.82) is 0 Å². The highest BCUT2D eigenvalue weighted by molar-refractivity contribution is 9.10. The molecule has 34 heavy (non-hydrogen) atoms. The first kappa shape index (κ1) is 23.2. The number of morpholine rings is 1. The number of thiazole rings is 1. The Morgan fingerprint density at radius 2 is 1.91 bits per heavy atom. The van der Waals surface area contributed by atoms with E-state index in [2.05, 4.69) is 20.8 Å². The number of anilines is 1. The van der Waals surface area contributed by atoms with Crippen LogP contribution in [0.25, 0.3) is 21.0 Å². The number of ether oxygens (including phenoxy) is 2. The molecule has 0 spiro atoms. The molecule has 176 valence electrons. The van der Waals surface area contributed by atoms with Gasteiger partial charge in [0.1, 0.15) is 5.75 Å². The van der Waals surface area contributed by atoms with E-state index < -0.39 is 0 Å². The predicted molar refractivity (Wildman–Crippen MR) is 141 cm³/mol. The van der Waals surface area contributed by atoms with E-state index in [-0.39, 0.29) is 5.91 Å². The Labute approximate surface area is 211 Å². The van der Waals surface area contributed by atoms with E-state index in [1.807, 2.05) is 59.5 Å². The van der Waals surface area contributed by atoms with Gasteiger partial charge in [-0.1, -0.05) is 51.5 Å². The molecule has 0 radical (unpaired) electrons. The van der Waals surface area contributed by atoms with Crippen LogP contribution in [-0.2, 0) is 4.74 Å². The summed E-state index contributed by atoms with van der Waals surface area (Å²) >= 11 is 5.07. The lowest BCUT2D eigenvalue weighted by Crippen LogP contribution is -2.39. The quantitative estimate of drug-likeness (QED) is 0.306. The second kappa shape index (κ2) is 10.4. The molecular formula is C26H26BrN3O3S. The van der Waals surface area contributed by atoms with Gasteiger partial charge in [-0.2, -0.15) is 0 Å². The largest absolute Gasteiger partial charge is 0.496 e. The van der Waals surface area contributed by atoms with E-state index in [0.29, 0.717) is 23.0 Å². The summed E-state index contributed by atoms with van der Waals surface area (Å²) in [5, 5.41) is 2.75. The van der Waals surface area contributed by atoms with Crippen molar-refractivity contribution in [3.05, 3.63) is 64.6 Å². The summed E-state index contributed by atoms with van der Waals surface area (Å²) < 4.78 is 13.1. The first-order chi connectivity index (χ1) is 16.6. The van der Waals surface area contributed by atoms with Crippen molar-refractivity contribution in [1.82, 2.24) is 9.88 Å². The Bertz CT molecular complexity index is 1320. The molecule has 6 nitrogen and oxygen atoms in total. The number of benzene rings is 3. The Morgan fingerprint density at radius 1 is 1.15 bits per heavy atom. The predicted octanol–water partition coefficient (Wildman–Crippen LogP) is 5.59. The number of hydrogen-bond donors (Lipinski definition) is 0. The minimum atomic E-state index is -0.0947. The van der Waals surface area contributed by atoms with Crippen molar-refractivity contribution in [3.8, 4) is 5.75 Å². The minimum Gasteiger partial charge on any atom is -0.496 e. The number of hydrogen-bond acceptors (Lipinski definition) is 6. The summed E-state index contributed by atoms with van der Waals surface area (Å²) in [4.78, 5) is 23.0. The Hall–Kier alpha value is -2.52. The van der Waals surface area contributed by atoms with Crippen molar-refractivity contribution in [2.45, 2.75) is 6.42 Å². The van der Waals surface area contributed by atoms with Crippen molar-refractivity contribution in [2.75, 3.05) is 51.4 Å². The number of halogens is 1. The van der Waals surface area contributed by atoms with Crippen LogP contribution in [0.2, 0.25) is 0 Å². The van der Waals surface area contributed by atoms with Gasteiger partial charge in [0, 0.05) is 30.7 Å². The molecule has 0 saturated carbocycles. The summed E-state index contributed by atoms with van der Waals surface area (Å²) in [5.74, 6) is 0.480. The third-order valence-electron chi connectivity index (χ3n) is 6.07. The lowest BCUT2D eigenvalue weighted by atomic mass is 10.0. The molecule has 4 aromatic rings. The normalized spacial score (nSPS) is 14.5. The van der Waals surface area contributed by atoms with Gasteiger partial charge in [-0.25, -0.2) is 4.98 Å². The molecule has 8 heteroatoms. The van der Waals surface area contributed by atoms with E-state index in [9.17, 15) is 4.79 Å². The fourth-order valence-corrected chi connectivity index (χ4v) is 5.81. The molecule has 0 bridgehead atoms. The average molecular weight is 540 g/mol. The zero-order chi connectivity index (χ0) is 23.5. The van der Waals surface area contributed by atoms with Crippen LogP contribution in [-0.4, -0.2) is 62.3 Å². The SMILES string of the molecule is COc1cc2ccccc2cc1C(=O)N(CCCN1CCOCC1)c1nc2ccc(Br)cc2s1. The molecular weight excluding hydrogens is 514 g/mol. The molecule has 3 aromatic carbocycles. The molecule has 1 aliphatic rings. The van der Waals surface area contributed by atoms with Crippen molar-refractivity contribution < 1.29 is 14.3 Å². The number of carbonyl (C=O) groups is 1. The highest BCUT2D eigenvalue weighted by Gasteiger charge is 2.25. The van der Waals surface area contributed by atoms with E-state index in [4.69, 9.17) is 14.5 Å². The van der Waals surface area contributed by atoms with Crippen LogP contribution in [0.15, 0.2) is 59.1 Å². The van der Waals surface area contributed by atoms with E-state index in [1.165, 1.54) is 11.3 Å². The molecule has 1 aromatic heterocycles. The molecule has 0 aliphatic carbocycles. The fourth-order valence-electron chi connectivity index (χ4n) is 4.26. The topological polar surface area (TPSA) is 54.9 Å². The molecule has 1 amide bonds. The second-order valence-electron chi connectivity index (χ2n) is 8.27. The number of carbonyl (C=O) groups excluding carboxylic acids is 1. The van der Waals surface area contributed by atoms with Crippen molar-refractivity contribution >= 4 is 59.3 Å². The summed E-state index contributed by atoms with van der Waals surface area (Å²) in [7, 11) is 1.61. The fraction of sp³-hybridized carbons (Fsp3) is 0.308. The van der Waals surface area contributed by atoms with Gasteiger partial charge in [0.25, 0.3) is 5.91 Å². The number of nitrogens with zero attached hydrogens (tertiary/aromatic N) is 3. The van der Waals surface area contributed by atoms with Gasteiger partial charge >= 0.3 is 0 Å². The third-order valence-corrected chi connectivity index (χ3v) is 7.61.